The van der Waals surface area contributed by atoms with Crippen LogP contribution in [0.25, 0.3) is 0 Å². The molecule has 0 aromatic heterocycles. The van der Waals surface area contributed by atoms with Crippen molar-refractivity contribution < 1.29 is 23.7 Å². The van der Waals surface area contributed by atoms with E-state index in [1.807, 2.05) is 13.0 Å². The molecular formula is C20H22O5. The summed E-state index contributed by atoms with van der Waals surface area (Å²) in [5, 5.41) is 0. The summed E-state index contributed by atoms with van der Waals surface area (Å²) < 4.78 is 21.9. The summed E-state index contributed by atoms with van der Waals surface area (Å²) in [6.45, 7) is 1.89. The van der Waals surface area contributed by atoms with E-state index >= 15 is 0 Å². The van der Waals surface area contributed by atoms with Crippen LogP contribution in [-0.4, -0.2) is 34.2 Å². The minimum Gasteiger partial charge on any atom is -0.496 e. The molecular weight excluding hydrogens is 320 g/mol. The van der Waals surface area contributed by atoms with Crippen molar-refractivity contribution in [1.82, 2.24) is 0 Å². The number of benzene rings is 2. The fourth-order valence-electron chi connectivity index (χ4n) is 3.54. The van der Waals surface area contributed by atoms with E-state index in [1.54, 1.807) is 40.6 Å². The van der Waals surface area contributed by atoms with Gasteiger partial charge in [-0.05, 0) is 43.5 Å². The number of fused-ring (bicyclic) bond motifs is 2. The van der Waals surface area contributed by atoms with Crippen LogP contribution in [0.15, 0.2) is 18.2 Å². The van der Waals surface area contributed by atoms with Gasteiger partial charge in [0.05, 0.1) is 34.0 Å². The van der Waals surface area contributed by atoms with Crippen molar-refractivity contribution >= 4 is 5.78 Å². The number of hydrogen-bond donors (Lipinski definition) is 0. The monoisotopic (exact) mass is 342 g/mol. The number of carbonyl (C=O) groups is 1. The predicted molar refractivity (Wildman–Crippen MR) is 94.7 cm³/mol. The summed E-state index contributed by atoms with van der Waals surface area (Å²) in [6.07, 6.45) is 1.36. The Kier molecular flexibility index (Phi) is 4.57. The largest absolute Gasteiger partial charge is 0.496 e. The van der Waals surface area contributed by atoms with Crippen LogP contribution in [-0.2, 0) is 12.8 Å². The summed E-state index contributed by atoms with van der Waals surface area (Å²) in [6, 6.07) is 5.50. The molecule has 0 unspecified atom stereocenters. The molecule has 2 aromatic carbocycles. The maximum atomic E-state index is 13.3. The summed E-state index contributed by atoms with van der Waals surface area (Å²) in [5.41, 5.74) is 3.83. The van der Waals surface area contributed by atoms with Crippen LogP contribution < -0.4 is 18.9 Å². The van der Waals surface area contributed by atoms with Gasteiger partial charge in [0.25, 0.3) is 0 Å². The van der Waals surface area contributed by atoms with Crippen molar-refractivity contribution in [3.8, 4) is 23.0 Å². The molecule has 2 aromatic rings. The lowest BCUT2D eigenvalue weighted by molar-refractivity contribution is 0.103. The van der Waals surface area contributed by atoms with Crippen molar-refractivity contribution in [3.05, 3.63) is 46.0 Å². The van der Waals surface area contributed by atoms with E-state index in [2.05, 4.69) is 0 Å². The van der Waals surface area contributed by atoms with Crippen LogP contribution >= 0.6 is 0 Å². The Labute approximate surface area is 147 Å². The standard InChI is InChI=1S/C20H22O5/c1-11-16(23-3)10-12-6-7-14-13(18(21)17(12)19(11)24-4)8-9-15(22-2)20(14)25-5/h8-10H,6-7H2,1-5H3. The van der Waals surface area contributed by atoms with E-state index in [1.165, 1.54) is 0 Å². The Balaban J connectivity index is 2.27. The number of methoxy groups -OCH3 is 4. The van der Waals surface area contributed by atoms with Gasteiger partial charge < -0.3 is 18.9 Å². The molecule has 5 heteroatoms. The summed E-state index contributed by atoms with van der Waals surface area (Å²) in [4.78, 5) is 13.3. The molecule has 0 amide bonds. The fourth-order valence-corrected chi connectivity index (χ4v) is 3.54. The van der Waals surface area contributed by atoms with E-state index in [0.29, 0.717) is 41.2 Å². The van der Waals surface area contributed by atoms with E-state index in [0.717, 1.165) is 22.4 Å². The maximum Gasteiger partial charge on any atom is 0.197 e. The number of hydrogen-bond acceptors (Lipinski definition) is 5. The second-order valence-corrected chi connectivity index (χ2v) is 5.93. The zero-order chi connectivity index (χ0) is 18.1. The molecule has 0 bridgehead atoms. The topological polar surface area (TPSA) is 54.0 Å². The molecule has 1 aliphatic rings. The highest BCUT2D eigenvalue weighted by atomic mass is 16.5. The third-order valence-electron chi connectivity index (χ3n) is 4.75. The van der Waals surface area contributed by atoms with Gasteiger partial charge in [-0.2, -0.15) is 0 Å². The number of carbonyl (C=O) groups excluding carboxylic acids is 1. The molecule has 0 fully saturated rings. The molecule has 0 spiro atoms. The molecule has 0 N–H and O–H groups in total. The number of rotatable bonds is 4. The predicted octanol–water partition coefficient (Wildman–Crippen LogP) is 3.36. The number of ether oxygens (including phenoxy) is 4. The highest BCUT2D eigenvalue weighted by molar-refractivity contribution is 6.14. The van der Waals surface area contributed by atoms with Gasteiger partial charge in [0, 0.05) is 16.7 Å². The molecule has 132 valence electrons. The average Bonchev–Trinajstić information content (AvgIpc) is 2.77. The average molecular weight is 342 g/mol. The Morgan fingerprint density at radius 1 is 0.840 bits per heavy atom. The zero-order valence-corrected chi connectivity index (χ0v) is 15.2. The van der Waals surface area contributed by atoms with Gasteiger partial charge >= 0.3 is 0 Å². The Morgan fingerprint density at radius 3 is 2.12 bits per heavy atom. The van der Waals surface area contributed by atoms with Crippen molar-refractivity contribution in [3.63, 3.8) is 0 Å². The van der Waals surface area contributed by atoms with Gasteiger partial charge in [0.15, 0.2) is 17.3 Å². The first-order valence-electron chi connectivity index (χ1n) is 8.10. The minimum absolute atomic E-state index is 0.0638. The van der Waals surface area contributed by atoms with Crippen LogP contribution in [0.3, 0.4) is 0 Å². The van der Waals surface area contributed by atoms with Crippen LogP contribution in [0.1, 0.15) is 32.6 Å². The van der Waals surface area contributed by atoms with Gasteiger partial charge in [-0.15, -0.1) is 0 Å². The van der Waals surface area contributed by atoms with Gasteiger partial charge in [-0.1, -0.05) is 0 Å². The fraction of sp³-hybridized carbons (Fsp3) is 0.350. The first-order valence-corrected chi connectivity index (χ1v) is 8.10. The lowest BCUT2D eigenvalue weighted by Gasteiger charge is -2.17. The molecule has 0 saturated heterocycles. The zero-order valence-electron chi connectivity index (χ0n) is 15.2. The maximum absolute atomic E-state index is 13.3. The lowest BCUT2D eigenvalue weighted by Crippen LogP contribution is -2.09. The van der Waals surface area contributed by atoms with Crippen LogP contribution in [0, 0.1) is 6.92 Å². The molecule has 0 saturated carbocycles. The smallest absolute Gasteiger partial charge is 0.197 e. The lowest BCUT2D eigenvalue weighted by atomic mass is 9.95. The third kappa shape index (κ3) is 2.60. The van der Waals surface area contributed by atoms with Gasteiger partial charge in [0.2, 0.25) is 0 Å². The highest BCUT2D eigenvalue weighted by Crippen LogP contribution is 2.42. The molecule has 3 rings (SSSR count). The van der Waals surface area contributed by atoms with Gasteiger partial charge in [-0.25, -0.2) is 0 Å². The van der Waals surface area contributed by atoms with Gasteiger partial charge in [0.1, 0.15) is 11.5 Å². The molecule has 0 aliphatic heterocycles. The molecule has 5 nitrogen and oxygen atoms in total. The van der Waals surface area contributed by atoms with Gasteiger partial charge in [-0.3, -0.25) is 4.79 Å². The third-order valence-corrected chi connectivity index (χ3v) is 4.75. The molecule has 0 radical (unpaired) electrons. The van der Waals surface area contributed by atoms with E-state index in [4.69, 9.17) is 18.9 Å². The quantitative estimate of drug-likeness (QED) is 0.853. The molecule has 0 atom stereocenters. The highest BCUT2D eigenvalue weighted by Gasteiger charge is 2.30. The van der Waals surface area contributed by atoms with Crippen molar-refractivity contribution in [2.24, 2.45) is 0 Å². The van der Waals surface area contributed by atoms with Crippen LogP contribution in [0.5, 0.6) is 23.0 Å². The van der Waals surface area contributed by atoms with Crippen LogP contribution in [0.2, 0.25) is 0 Å². The van der Waals surface area contributed by atoms with E-state index in [9.17, 15) is 4.79 Å². The second-order valence-electron chi connectivity index (χ2n) is 5.93. The molecule has 25 heavy (non-hydrogen) atoms. The Bertz CT molecular complexity index is 839. The van der Waals surface area contributed by atoms with E-state index in [-0.39, 0.29) is 5.78 Å². The van der Waals surface area contributed by atoms with Crippen molar-refractivity contribution in [2.45, 2.75) is 19.8 Å². The van der Waals surface area contributed by atoms with E-state index < -0.39 is 0 Å². The normalized spacial score (nSPS) is 12.8. The molecule has 0 heterocycles. The van der Waals surface area contributed by atoms with Crippen molar-refractivity contribution in [1.29, 1.82) is 0 Å². The summed E-state index contributed by atoms with van der Waals surface area (Å²) in [7, 11) is 6.38. The first kappa shape index (κ1) is 17.1. The van der Waals surface area contributed by atoms with Crippen LogP contribution in [0.4, 0.5) is 0 Å². The second kappa shape index (κ2) is 6.67. The summed E-state index contributed by atoms with van der Waals surface area (Å²) in [5.74, 6) is 2.47. The SMILES string of the molecule is COc1cc2c(c(OC)c1C)C(=O)c1ccc(OC)c(OC)c1CC2. The number of ketones is 1. The Morgan fingerprint density at radius 2 is 1.52 bits per heavy atom. The minimum atomic E-state index is -0.0638. The summed E-state index contributed by atoms with van der Waals surface area (Å²) >= 11 is 0. The molecule has 1 aliphatic carbocycles. The Hall–Kier alpha value is -2.69. The van der Waals surface area contributed by atoms with Crippen molar-refractivity contribution in [2.75, 3.05) is 28.4 Å². The first-order chi connectivity index (χ1) is 12.1. The number of aryl methyl sites for hydroxylation is 1.